The zero-order valence-corrected chi connectivity index (χ0v) is 17.3. The average Bonchev–Trinajstić information content (AvgIpc) is 3.20. The van der Waals surface area contributed by atoms with E-state index in [2.05, 4.69) is 15.0 Å². The van der Waals surface area contributed by atoms with Gasteiger partial charge in [0.25, 0.3) is 5.56 Å². The molecule has 4 nitrogen and oxygen atoms in total. The van der Waals surface area contributed by atoms with Crippen molar-refractivity contribution in [2.75, 3.05) is 0 Å². The van der Waals surface area contributed by atoms with Crippen LogP contribution >= 0.6 is 34.4 Å². The number of fused-ring (bicyclic) bond motifs is 1. The molecule has 27 heavy (non-hydrogen) atoms. The van der Waals surface area contributed by atoms with Gasteiger partial charge in [0.15, 0.2) is 4.34 Å². The van der Waals surface area contributed by atoms with Crippen molar-refractivity contribution in [2.24, 2.45) is 0 Å². The van der Waals surface area contributed by atoms with Crippen molar-refractivity contribution >= 4 is 44.7 Å². The lowest BCUT2D eigenvalue weighted by Crippen LogP contribution is -2.12. The summed E-state index contributed by atoms with van der Waals surface area (Å²) in [5.41, 5.74) is 2.61. The molecule has 0 radical (unpaired) electrons. The molecule has 3 heterocycles. The van der Waals surface area contributed by atoms with E-state index >= 15 is 0 Å². The van der Waals surface area contributed by atoms with Crippen LogP contribution in [0.3, 0.4) is 0 Å². The van der Waals surface area contributed by atoms with Crippen LogP contribution in [0.25, 0.3) is 21.5 Å². The summed E-state index contributed by atoms with van der Waals surface area (Å²) in [6, 6.07) is 6.30. The van der Waals surface area contributed by atoms with Gasteiger partial charge >= 0.3 is 0 Å². The minimum Gasteiger partial charge on any atom is -0.309 e. The number of halogens is 1. The topological polar surface area (TPSA) is 58.6 Å². The first kappa shape index (κ1) is 18.3. The number of thioether (sulfide) groups is 1. The third-order valence-corrected chi connectivity index (χ3v) is 7.53. The summed E-state index contributed by atoms with van der Waals surface area (Å²) in [6.45, 7) is 5.96. The Balaban J connectivity index is 1.59. The average molecular weight is 418 g/mol. The second-order valence-electron chi connectivity index (χ2n) is 6.18. The Morgan fingerprint density at radius 3 is 2.67 bits per heavy atom. The number of nitrogens with zero attached hydrogens (tertiary/aromatic N) is 2. The lowest BCUT2D eigenvalue weighted by molar-refractivity contribution is 0.628. The molecule has 0 aliphatic carbocycles. The summed E-state index contributed by atoms with van der Waals surface area (Å²) in [5, 5.41) is 2.59. The van der Waals surface area contributed by atoms with E-state index in [-0.39, 0.29) is 16.6 Å². The molecule has 138 valence electrons. The van der Waals surface area contributed by atoms with Gasteiger partial charge in [-0.3, -0.25) is 4.79 Å². The first-order chi connectivity index (χ1) is 12.9. The number of H-pyrrole nitrogens is 1. The molecule has 0 saturated heterocycles. The minimum absolute atomic E-state index is 0.0444. The smallest absolute Gasteiger partial charge is 0.259 e. The maximum Gasteiger partial charge on any atom is 0.259 e. The molecular weight excluding hydrogens is 401 g/mol. The fourth-order valence-electron chi connectivity index (χ4n) is 2.74. The minimum atomic E-state index is -0.262. The van der Waals surface area contributed by atoms with E-state index in [9.17, 15) is 9.18 Å². The van der Waals surface area contributed by atoms with Crippen molar-refractivity contribution in [3.63, 3.8) is 0 Å². The third kappa shape index (κ3) is 3.56. The molecule has 0 unspecified atom stereocenters. The molecule has 8 heteroatoms. The predicted molar refractivity (Wildman–Crippen MR) is 111 cm³/mol. The van der Waals surface area contributed by atoms with Gasteiger partial charge in [0.1, 0.15) is 16.5 Å². The van der Waals surface area contributed by atoms with E-state index in [4.69, 9.17) is 0 Å². The number of aromatic amines is 1. The summed E-state index contributed by atoms with van der Waals surface area (Å²) in [7, 11) is 0. The number of hydrogen-bond donors (Lipinski definition) is 1. The molecule has 0 aliphatic rings. The Kier molecular flexibility index (Phi) is 4.88. The largest absolute Gasteiger partial charge is 0.309 e. The Morgan fingerprint density at radius 1 is 1.19 bits per heavy atom. The van der Waals surface area contributed by atoms with Crippen LogP contribution in [0.2, 0.25) is 0 Å². The number of hydrogen-bond acceptors (Lipinski definition) is 6. The number of thiazole rings is 1. The van der Waals surface area contributed by atoms with Crippen molar-refractivity contribution in [3.8, 4) is 11.3 Å². The van der Waals surface area contributed by atoms with E-state index in [1.807, 2.05) is 26.2 Å². The summed E-state index contributed by atoms with van der Waals surface area (Å²) in [6.07, 6.45) is 0. The molecule has 1 aromatic carbocycles. The van der Waals surface area contributed by atoms with Crippen molar-refractivity contribution in [1.29, 1.82) is 0 Å². The summed E-state index contributed by atoms with van der Waals surface area (Å²) >= 11 is 4.63. The lowest BCUT2D eigenvalue weighted by atomic mass is 10.2. The van der Waals surface area contributed by atoms with Gasteiger partial charge in [0.2, 0.25) is 0 Å². The molecule has 4 aromatic rings. The standard InChI is InChI=1S/C19H16FN3OS3/c1-9-10(2)26-18-15(9)17(24)22-16(23-18)11(3)27-19-21-14(8-25-19)12-4-6-13(20)7-5-12/h4-8,11H,1-3H3,(H,22,23,24)/t11-/m0/s1. The quantitative estimate of drug-likeness (QED) is 0.432. The maximum absolute atomic E-state index is 13.1. The van der Waals surface area contributed by atoms with Crippen LogP contribution in [-0.4, -0.2) is 15.0 Å². The second-order valence-corrected chi connectivity index (χ2v) is 9.83. The van der Waals surface area contributed by atoms with Gasteiger partial charge in [0, 0.05) is 15.8 Å². The highest BCUT2D eigenvalue weighted by Crippen LogP contribution is 2.37. The van der Waals surface area contributed by atoms with Gasteiger partial charge in [-0.25, -0.2) is 14.4 Å². The summed E-state index contributed by atoms with van der Waals surface area (Å²) in [5.74, 6) is 0.388. The molecule has 1 N–H and O–H groups in total. The van der Waals surface area contributed by atoms with Crippen LogP contribution in [-0.2, 0) is 0 Å². The molecule has 0 bridgehead atoms. The van der Waals surface area contributed by atoms with Gasteiger partial charge in [-0.05, 0) is 50.6 Å². The van der Waals surface area contributed by atoms with E-state index in [1.165, 1.54) is 23.5 Å². The second kappa shape index (κ2) is 7.18. The third-order valence-electron chi connectivity index (χ3n) is 4.34. The van der Waals surface area contributed by atoms with Gasteiger partial charge in [0.05, 0.1) is 16.3 Å². The number of nitrogens with one attached hydrogen (secondary N) is 1. The van der Waals surface area contributed by atoms with Crippen molar-refractivity contribution in [2.45, 2.75) is 30.4 Å². The molecule has 0 aliphatic heterocycles. The molecule has 0 fully saturated rings. The molecule has 4 rings (SSSR count). The lowest BCUT2D eigenvalue weighted by Gasteiger charge is -2.08. The normalized spacial score (nSPS) is 12.6. The molecule has 0 amide bonds. The summed E-state index contributed by atoms with van der Waals surface area (Å²) in [4.78, 5) is 26.6. The number of rotatable bonds is 4. The van der Waals surface area contributed by atoms with Gasteiger partial charge in [-0.1, -0.05) is 11.8 Å². The van der Waals surface area contributed by atoms with E-state index < -0.39 is 0 Å². The Bertz CT molecular complexity index is 1180. The number of thiophene rings is 1. The zero-order valence-electron chi connectivity index (χ0n) is 14.9. The van der Waals surface area contributed by atoms with Crippen molar-refractivity contribution < 1.29 is 4.39 Å². The molecule has 1 atom stereocenters. The number of benzene rings is 1. The Morgan fingerprint density at radius 2 is 1.93 bits per heavy atom. The van der Waals surface area contributed by atoms with Gasteiger partial charge in [-0.2, -0.15) is 0 Å². The van der Waals surface area contributed by atoms with Crippen LogP contribution in [0.4, 0.5) is 4.39 Å². The predicted octanol–water partition coefficient (Wildman–Crippen LogP) is 5.72. The molecular formula is C19H16FN3OS3. The van der Waals surface area contributed by atoms with E-state index in [0.29, 0.717) is 11.2 Å². The summed E-state index contributed by atoms with van der Waals surface area (Å²) < 4.78 is 14.0. The van der Waals surface area contributed by atoms with Crippen LogP contribution in [0.15, 0.2) is 38.8 Å². The molecule has 0 spiro atoms. The maximum atomic E-state index is 13.1. The first-order valence-corrected chi connectivity index (χ1v) is 10.9. The Labute approximate surface area is 167 Å². The molecule has 3 aromatic heterocycles. The SMILES string of the molecule is Cc1sc2nc([C@H](C)Sc3nc(-c4ccc(F)cc4)cs3)[nH]c(=O)c2c1C. The highest BCUT2D eigenvalue weighted by molar-refractivity contribution is 8.01. The van der Waals surface area contributed by atoms with E-state index in [0.717, 1.165) is 30.9 Å². The monoisotopic (exact) mass is 417 g/mol. The fourth-order valence-corrected chi connectivity index (χ4v) is 5.80. The van der Waals surface area contributed by atoms with Crippen molar-refractivity contribution in [1.82, 2.24) is 15.0 Å². The molecule has 0 saturated carbocycles. The van der Waals surface area contributed by atoms with Gasteiger partial charge < -0.3 is 4.98 Å². The fraction of sp³-hybridized carbons (Fsp3) is 0.211. The van der Waals surface area contributed by atoms with Crippen LogP contribution in [0.5, 0.6) is 0 Å². The highest BCUT2D eigenvalue weighted by Gasteiger charge is 2.17. The zero-order chi connectivity index (χ0) is 19.1. The first-order valence-electron chi connectivity index (χ1n) is 8.30. The highest BCUT2D eigenvalue weighted by atomic mass is 32.2. The van der Waals surface area contributed by atoms with Crippen LogP contribution in [0.1, 0.15) is 28.4 Å². The van der Waals surface area contributed by atoms with Gasteiger partial charge in [-0.15, -0.1) is 22.7 Å². The number of aromatic nitrogens is 3. The van der Waals surface area contributed by atoms with E-state index in [1.54, 1.807) is 35.2 Å². The van der Waals surface area contributed by atoms with Crippen molar-refractivity contribution in [3.05, 3.63) is 62.1 Å². The van der Waals surface area contributed by atoms with Crippen LogP contribution in [0, 0.1) is 19.7 Å². The van der Waals surface area contributed by atoms with Crippen LogP contribution < -0.4 is 5.56 Å². The Hall–Kier alpha value is -2.03. The number of aryl methyl sites for hydroxylation is 2.